The maximum absolute atomic E-state index is 11.9. The van der Waals surface area contributed by atoms with Gasteiger partial charge in [-0.3, -0.25) is 0 Å². The summed E-state index contributed by atoms with van der Waals surface area (Å²) in [6, 6.07) is 13.1. The molecule has 2 aromatic rings. The number of rotatable bonds is 3. The highest BCUT2D eigenvalue weighted by atomic mass is 35.5. The summed E-state index contributed by atoms with van der Waals surface area (Å²) < 4.78 is 5.07. The van der Waals surface area contributed by atoms with E-state index in [9.17, 15) is 4.79 Å². The van der Waals surface area contributed by atoms with Crippen LogP contribution in [-0.2, 0) is 4.74 Å². The van der Waals surface area contributed by atoms with E-state index in [0.717, 1.165) is 46.8 Å². The van der Waals surface area contributed by atoms with Gasteiger partial charge < -0.3 is 10.1 Å². The zero-order valence-corrected chi connectivity index (χ0v) is 15.7. The van der Waals surface area contributed by atoms with Gasteiger partial charge in [0.2, 0.25) is 0 Å². The van der Waals surface area contributed by atoms with E-state index in [1.54, 1.807) is 19.1 Å². The second-order valence-corrected chi connectivity index (χ2v) is 6.81. The molecule has 0 unspecified atom stereocenters. The summed E-state index contributed by atoms with van der Waals surface area (Å²) in [5, 5.41) is 4.18. The standard InChI is InChI=1S/C22H19ClN2O2/c1-2-27-22(26)15-9-7-14(8-10-15)21-17-5-3-4-6-18(17)24-19-12-11-16(23)13-20(19)25-21/h4,6-13,25H,2-3,5H2,1H3. The third kappa shape index (κ3) is 3.53. The van der Waals surface area contributed by atoms with Crippen molar-refractivity contribution in [1.29, 1.82) is 0 Å². The Morgan fingerprint density at radius 3 is 2.81 bits per heavy atom. The third-order valence-corrected chi connectivity index (χ3v) is 4.83. The van der Waals surface area contributed by atoms with Crippen molar-refractivity contribution in [1.82, 2.24) is 0 Å². The van der Waals surface area contributed by atoms with E-state index in [-0.39, 0.29) is 5.97 Å². The van der Waals surface area contributed by atoms with Crippen molar-refractivity contribution in [2.75, 3.05) is 11.9 Å². The van der Waals surface area contributed by atoms with E-state index in [0.29, 0.717) is 17.2 Å². The molecule has 0 bridgehead atoms. The number of fused-ring (bicyclic) bond motifs is 2. The lowest BCUT2D eigenvalue weighted by molar-refractivity contribution is 0.0526. The van der Waals surface area contributed by atoms with Gasteiger partial charge in [0.15, 0.2) is 0 Å². The third-order valence-electron chi connectivity index (χ3n) is 4.59. The number of esters is 1. The Kier molecular flexibility index (Phi) is 4.82. The molecule has 0 saturated carbocycles. The molecule has 27 heavy (non-hydrogen) atoms. The number of hydrogen-bond donors (Lipinski definition) is 1. The maximum Gasteiger partial charge on any atom is 0.338 e. The fourth-order valence-electron chi connectivity index (χ4n) is 3.29. The van der Waals surface area contributed by atoms with Gasteiger partial charge >= 0.3 is 5.97 Å². The molecule has 4 rings (SSSR count). The van der Waals surface area contributed by atoms with Gasteiger partial charge in [0, 0.05) is 10.6 Å². The lowest BCUT2D eigenvalue weighted by atomic mass is 9.93. The Hall–Kier alpha value is -2.85. The van der Waals surface area contributed by atoms with Crippen molar-refractivity contribution < 1.29 is 9.53 Å². The highest BCUT2D eigenvalue weighted by Gasteiger charge is 2.21. The minimum absolute atomic E-state index is 0.310. The van der Waals surface area contributed by atoms with Crippen molar-refractivity contribution in [3.8, 4) is 0 Å². The zero-order valence-electron chi connectivity index (χ0n) is 15.0. The van der Waals surface area contributed by atoms with Crippen molar-refractivity contribution in [3.63, 3.8) is 0 Å². The lowest BCUT2D eigenvalue weighted by Gasteiger charge is -2.18. The van der Waals surface area contributed by atoms with Gasteiger partial charge in [0.25, 0.3) is 0 Å². The Morgan fingerprint density at radius 1 is 1.22 bits per heavy atom. The molecule has 0 saturated heterocycles. The molecule has 1 N–H and O–H groups in total. The maximum atomic E-state index is 11.9. The van der Waals surface area contributed by atoms with Crippen LogP contribution in [0.1, 0.15) is 35.7 Å². The molecule has 1 aliphatic heterocycles. The molecule has 4 nitrogen and oxygen atoms in total. The summed E-state index contributed by atoms with van der Waals surface area (Å²) in [5.74, 6) is -0.310. The monoisotopic (exact) mass is 378 g/mol. The molecule has 2 aromatic carbocycles. The Morgan fingerprint density at radius 2 is 2.04 bits per heavy atom. The number of anilines is 1. The van der Waals surface area contributed by atoms with Crippen LogP contribution in [-0.4, -0.2) is 18.3 Å². The van der Waals surface area contributed by atoms with Crippen molar-refractivity contribution in [2.24, 2.45) is 4.99 Å². The summed E-state index contributed by atoms with van der Waals surface area (Å²) in [4.78, 5) is 16.7. The van der Waals surface area contributed by atoms with E-state index in [2.05, 4.69) is 17.5 Å². The molecule has 1 heterocycles. The Labute approximate surface area is 163 Å². The van der Waals surface area contributed by atoms with Crippen molar-refractivity contribution >= 4 is 40.4 Å². The van der Waals surface area contributed by atoms with Crippen LogP contribution in [0.4, 0.5) is 11.4 Å². The largest absolute Gasteiger partial charge is 0.462 e. The fraction of sp³-hybridized carbons (Fsp3) is 0.182. The van der Waals surface area contributed by atoms with Gasteiger partial charge in [-0.25, -0.2) is 9.79 Å². The zero-order chi connectivity index (χ0) is 18.8. The SMILES string of the molecule is CCOC(=O)c1ccc(C2=C3CCC=CC3=Nc3ccc(Cl)cc3N2)cc1. The first-order chi connectivity index (χ1) is 13.2. The molecule has 0 radical (unpaired) electrons. The van der Waals surface area contributed by atoms with E-state index in [4.69, 9.17) is 21.3 Å². The van der Waals surface area contributed by atoms with Crippen LogP contribution >= 0.6 is 11.6 Å². The van der Waals surface area contributed by atoms with Gasteiger partial charge in [0.05, 0.1) is 35.0 Å². The van der Waals surface area contributed by atoms with E-state index in [1.807, 2.05) is 30.3 Å². The molecule has 0 spiro atoms. The van der Waals surface area contributed by atoms with E-state index in [1.165, 1.54) is 0 Å². The summed E-state index contributed by atoms with van der Waals surface area (Å²) in [6.07, 6.45) is 6.08. The van der Waals surface area contributed by atoms with Crippen LogP contribution in [0.2, 0.25) is 5.02 Å². The Bertz CT molecular complexity index is 988. The van der Waals surface area contributed by atoms with Crippen LogP contribution in [0.5, 0.6) is 0 Å². The molecule has 0 atom stereocenters. The van der Waals surface area contributed by atoms with Gasteiger partial charge in [-0.15, -0.1) is 0 Å². The number of aliphatic imine (C=N–C) groups is 1. The first-order valence-corrected chi connectivity index (χ1v) is 9.36. The number of ether oxygens (including phenoxy) is 1. The number of allylic oxidation sites excluding steroid dienone is 3. The molecule has 5 heteroatoms. The van der Waals surface area contributed by atoms with Crippen molar-refractivity contribution in [3.05, 3.63) is 76.3 Å². The van der Waals surface area contributed by atoms with Crippen molar-refractivity contribution in [2.45, 2.75) is 19.8 Å². The fourth-order valence-corrected chi connectivity index (χ4v) is 3.46. The molecule has 0 aromatic heterocycles. The molecular weight excluding hydrogens is 360 g/mol. The highest BCUT2D eigenvalue weighted by molar-refractivity contribution is 6.31. The first kappa shape index (κ1) is 17.6. The number of halogens is 1. The summed E-state index contributed by atoms with van der Waals surface area (Å²) in [5.41, 5.74) is 6.38. The van der Waals surface area contributed by atoms with E-state index < -0.39 is 0 Å². The number of benzene rings is 2. The minimum atomic E-state index is -0.310. The van der Waals surface area contributed by atoms with Gasteiger partial charge in [-0.1, -0.05) is 29.8 Å². The molecule has 2 aliphatic rings. The summed E-state index contributed by atoms with van der Waals surface area (Å²) in [7, 11) is 0. The number of nitrogens with one attached hydrogen (secondary N) is 1. The first-order valence-electron chi connectivity index (χ1n) is 8.98. The number of hydrogen-bond acceptors (Lipinski definition) is 4. The molecule has 1 aliphatic carbocycles. The molecular formula is C22H19ClN2O2. The minimum Gasteiger partial charge on any atom is -0.462 e. The summed E-state index contributed by atoms with van der Waals surface area (Å²) in [6.45, 7) is 2.16. The molecule has 136 valence electrons. The van der Waals surface area contributed by atoms with Gasteiger partial charge in [-0.2, -0.15) is 0 Å². The number of nitrogens with zero attached hydrogens (tertiary/aromatic N) is 1. The number of carbonyl (C=O) groups excluding carboxylic acids is 1. The average molecular weight is 379 g/mol. The van der Waals surface area contributed by atoms with Crippen LogP contribution in [0.15, 0.2) is 65.2 Å². The van der Waals surface area contributed by atoms with Gasteiger partial charge in [0.1, 0.15) is 0 Å². The highest BCUT2D eigenvalue weighted by Crippen LogP contribution is 2.38. The van der Waals surface area contributed by atoms with Crippen LogP contribution in [0.25, 0.3) is 5.70 Å². The van der Waals surface area contributed by atoms with E-state index >= 15 is 0 Å². The smallest absolute Gasteiger partial charge is 0.338 e. The molecule has 0 amide bonds. The predicted molar refractivity (Wildman–Crippen MR) is 110 cm³/mol. The second-order valence-electron chi connectivity index (χ2n) is 6.38. The topological polar surface area (TPSA) is 50.7 Å². The summed E-state index contributed by atoms with van der Waals surface area (Å²) >= 11 is 6.19. The lowest BCUT2D eigenvalue weighted by Crippen LogP contribution is -2.10. The predicted octanol–water partition coefficient (Wildman–Crippen LogP) is 5.78. The second kappa shape index (κ2) is 7.41. The molecule has 0 fully saturated rings. The van der Waals surface area contributed by atoms with Gasteiger partial charge in [-0.05, 0) is 61.7 Å². The Balaban J connectivity index is 1.78. The van der Waals surface area contributed by atoms with Crippen LogP contribution in [0.3, 0.4) is 0 Å². The van der Waals surface area contributed by atoms with Crippen LogP contribution < -0.4 is 5.32 Å². The normalized spacial score (nSPS) is 15.3. The average Bonchev–Trinajstić information content (AvgIpc) is 2.85. The number of carbonyl (C=O) groups is 1. The quantitative estimate of drug-likeness (QED) is 0.689. The van der Waals surface area contributed by atoms with Crippen LogP contribution in [0, 0.1) is 0 Å².